The van der Waals surface area contributed by atoms with E-state index in [4.69, 9.17) is 9.47 Å². The van der Waals surface area contributed by atoms with E-state index in [2.05, 4.69) is 59.5 Å². The molecule has 7 heteroatoms. The fourth-order valence-corrected chi connectivity index (χ4v) is 3.24. The van der Waals surface area contributed by atoms with Crippen molar-refractivity contribution in [1.29, 1.82) is 0 Å². The Bertz CT molecular complexity index is 619. The van der Waals surface area contributed by atoms with Gasteiger partial charge in [0, 0.05) is 38.8 Å². The van der Waals surface area contributed by atoms with E-state index in [9.17, 15) is 0 Å². The molecule has 1 heterocycles. The summed E-state index contributed by atoms with van der Waals surface area (Å²) >= 11 is 0. The predicted molar refractivity (Wildman–Crippen MR) is 136 cm³/mol. The minimum Gasteiger partial charge on any atom is -0.493 e. The van der Waals surface area contributed by atoms with Crippen LogP contribution in [0.25, 0.3) is 0 Å². The highest BCUT2D eigenvalue weighted by Gasteiger charge is 2.09. The quantitative estimate of drug-likeness (QED) is 0.197. The minimum atomic E-state index is 0. The summed E-state index contributed by atoms with van der Waals surface area (Å²) in [6.07, 6.45) is 3.39. The zero-order chi connectivity index (χ0) is 20.9. The zero-order valence-corrected chi connectivity index (χ0v) is 21.5. The maximum absolute atomic E-state index is 6.05. The van der Waals surface area contributed by atoms with Crippen LogP contribution in [-0.4, -0.2) is 63.9 Å². The number of morpholine rings is 1. The third-order valence-corrected chi connectivity index (χ3v) is 5.14. The molecule has 0 spiro atoms. The lowest BCUT2D eigenvalue weighted by Crippen LogP contribution is -2.38. The lowest BCUT2D eigenvalue weighted by atomic mass is 10.1. The van der Waals surface area contributed by atoms with Crippen molar-refractivity contribution < 1.29 is 9.47 Å². The number of hydrogen-bond acceptors (Lipinski definition) is 4. The summed E-state index contributed by atoms with van der Waals surface area (Å²) in [6, 6.07) is 6.40. The Kier molecular flexibility index (Phi) is 14.1. The molecule has 0 unspecified atom stereocenters. The maximum atomic E-state index is 6.05. The van der Waals surface area contributed by atoms with Crippen LogP contribution < -0.4 is 15.4 Å². The zero-order valence-electron chi connectivity index (χ0n) is 19.2. The maximum Gasteiger partial charge on any atom is 0.191 e. The molecule has 172 valence electrons. The standard InChI is InChI=1S/C23H40N4O2.HI/c1-19(2)9-14-29-22-17-20(3)7-8-21(22)18-26-23(24-4)25-10-5-6-11-27-12-15-28-16-13-27;/h7-8,17,19H,5-6,9-16,18H2,1-4H3,(H2,24,25,26);1H. The summed E-state index contributed by atoms with van der Waals surface area (Å²) in [5.74, 6) is 2.46. The molecule has 2 rings (SSSR count). The molecule has 1 saturated heterocycles. The van der Waals surface area contributed by atoms with Gasteiger partial charge in [-0.15, -0.1) is 24.0 Å². The molecule has 0 saturated carbocycles. The molecule has 1 fully saturated rings. The van der Waals surface area contributed by atoms with Gasteiger partial charge in [0.15, 0.2) is 5.96 Å². The van der Waals surface area contributed by atoms with Crippen molar-refractivity contribution in [2.45, 2.75) is 46.6 Å². The topological polar surface area (TPSA) is 58.1 Å². The van der Waals surface area contributed by atoms with Gasteiger partial charge in [0.25, 0.3) is 0 Å². The van der Waals surface area contributed by atoms with Crippen molar-refractivity contribution in [2.24, 2.45) is 10.9 Å². The van der Waals surface area contributed by atoms with Gasteiger partial charge in [-0.3, -0.25) is 9.89 Å². The molecular formula is C23H41IN4O2. The number of nitrogens with zero attached hydrogens (tertiary/aromatic N) is 2. The van der Waals surface area contributed by atoms with Crippen molar-refractivity contribution >= 4 is 29.9 Å². The molecule has 6 nitrogen and oxygen atoms in total. The molecule has 1 aromatic carbocycles. The average Bonchev–Trinajstić information content (AvgIpc) is 2.71. The number of unbranched alkanes of at least 4 members (excludes halogenated alkanes) is 1. The van der Waals surface area contributed by atoms with Gasteiger partial charge >= 0.3 is 0 Å². The molecular weight excluding hydrogens is 491 g/mol. The number of guanidine groups is 1. The van der Waals surface area contributed by atoms with E-state index in [0.29, 0.717) is 12.5 Å². The van der Waals surface area contributed by atoms with Crippen LogP contribution in [0.15, 0.2) is 23.2 Å². The number of ether oxygens (including phenoxy) is 2. The summed E-state index contributed by atoms with van der Waals surface area (Å²) in [6.45, 7) is 13.9. The number of benzene rings is 1. The Morgan fingerprint density at radius 3 is 2.67 bits per heavy atom. The van der Waals surface area contributed by atoms with Crippen LogP contribution >= 0.6 is 24.0 Å². The normalized spacial score (nSPS) is 15.0. The Morgan fingerprint density at radius 2 is 1.97 bits per heavy atom. The van der Waals surface area contributed by atoms with Gasteiger partial charge in [-0.2, -0.15) is 0 Å². The largest absolute Gasteiger partial charge is 0.493 e. The van der Waals surface area contributed by atoms with Gasteiger partial charge in [0.05, 0.1) is 19.8 Å². The van der Waals surface area contributed by atoms with E-state index >= 15 is 0 Å². The molecule has 0 atom stereocenters. The molecule has 30 heavy (non-hydrogen) atoms. The van der Waals surface area contributed by atoms with Gasteiger partial charge in [0.2, 0.25) is 0 Å². The first kappa shape index (κ1) is 27.0. The summed E-state index contributed by atoms with van der Waals surface area (Å²) in [7, 11) is 1.82. The minimum absolute atomic E-state index is 0. The molecule has 1 aliphatic rings. The Hall–Kier alpha value is -1.06. The fourth-order valence-electron chi connectivity index (χ4n) is 3.24. The second-order valence-electron chi connectivity index (χ2n) is 8.16. The Labute approximate surface area is 200 Å². The molecule has 0 amide bonds. The number of rotatable bonds is 11. The predicted octanol–water partition coefficient (Wildman–Crippen LogP) is 3.82. The third kappa shape index (κ3) is 10.8. The van der Waals surface area contributed by atoms with Crippen molar-refractivity contribution in [2.75, 3.05) is 53.0 Å². The lowest BCUT2D eigenvalue weighted by molar-refractivity contribution is 0.0372. The van der Waals surface area contributed by atoms with Gasteiger partial charge < -0.3 is 20.1 Å². The van der Waals surface area contributed by atoms with Crippen molar-refractivity contribution in [3.8, 4) is 5.75 Å². The van der Waals surface area contributed by atoms with Gasteiger partial charge in [-0.1, -0.05) is 26.0 Å². The van der Waals surface area contributed by atoms with Crippen molar-refractivity contribution in [3.05, 3.63) is 29.3 Å². The molecule has 1 aliphatic heterocycles. The van der Waals surface area contributed by atoms with E-state index in [0.717, 1.165) is 76.1 Å². The smallest absolute Gasteiger partial charge is 0.191 e. The third-order valence-electron chi connectivity index (χ3n) is 5.14. The van der Waals surface area contributed by atoms with Crippen LogP contribution in [0.1, 0.15) is 44.2 Å². The van der Waals surface area contributed by atoms with Gasteiger partial charge in [0.1, 0.15) is 5.75 Å². The fraction of sp³-hybridized carbons (Fsp3) is 0.696. The van der Waals surface area contributed by atoms with Crippen LogP contribution in [0.4, 0.5) is 0 Å². The summed E-state index contributed by atoms with van der Waals surface area (Å²) in [5, 5.41) is 6.84. The van der Waals surface area contributed by atoms with Gasteiger partial charge in [-0.25, -0.2) is 0 Å². The number of aryl methyl sites for hydroxylation is 1. The highest BCUT2D eigenvalue weighted by molar-refractivity contribution is 14.0. The second-order valence-corrected chi connectivity index (χ2v) is 8.16. The van der Waals surface area contributed by atoms with Crippen molar-refractivity contribution in [1.82, 2.24) is 15.5 Å². The van der Waals surface area contributed by atoms with E-state index in [-0.39, 0.29) is 24.0 Å². The van der Waals surface area contributed by atoms with Crippen LogP contribution in [0.2, 0.25) is 0 Å². The molecule has 2 N–H and O–H groups in total. The van der Waals surface area contributed by atoms with E-state index in [1.54, 1.807) is 0 Å². The number of hydrogen-bond donors (Lipinski definition) is 2. The van der Waals surface area contributed by atoms with Crippen LogP contribution in [0.5, 0.6) is 5.75 Å². The average molecular weight is 533 g/mol. The first-order chi connectivity index (χ1) is 14.1. The SMILES string of the molecule is CN=C(NCCCCN1CCOCC1)NCc1ccc(C)cc1OCCC(C)C.I. The lowest BCUT2D eigenvalue weighted by Gasteiger charge is -2.26. The van der Waals surface area contributed by atoms with E-state index in [1.165, 1.54) is 12.0 Å². The number of halogens is 1. The van der Waals surface area contributed by atoms with E-state index in [1.807, 2.05) is 7.05 Å². The molecule has 1 aromatic rings. The number of aliphatic imine (C=N–C) groups is 1. The van der Waals surface area contributed by atoms with Crippen LogP contribution in [-0.2, 0) is 11.3 Å². The molecule has 0 aromatic heterocycles. The Balaban J connectivity index is 0.00000450. The van der Waals surface area contributed by atoms with Gasteiger partial charge in [-0.05, 0) is 50.3 Å². The number of nitrogens with one attached hydrogen (secondary N) is 2. The van der Waals surface area contributed by atoms with E-state index < -0.39 is 0 Å². The summed E-state index contributed by atoms with van der Waals surface area (Å²) < 4.78 is 11.4. The summed E-state index contributed by atoms with van der Waals surface area (Å²) in [5.41, 5.74) is 2.38. The highest BCUT2D eigenvalue weighted by Crippen LogP contribution is 2.21. The second kappa shape index (κ2) is 15.7. The Morgan fingerprint density at radius 1 is 1.20 bits per heavy atom. The first-order valence-electron chi connectivity index (χ1n) is 11.1. The van der Waals surface area contributed by atoms with Crippen molar-refractivity contribution in [3.63, 3.8) is 0 Å². The molecule has 0 aliphatic carbocycles. The van der Waals surface area contributed by atoms with Crippen LogP contribution in [0.3, 0.4) is 0 Å². The van der Waals surface area contributed by atoms with Crippen LogP contribution in [0, 0.1) is 12.8 Å². The highest BCUT2D eigenvalue weighted by atomic mass is 127. The molecule has 0 radical (unpaired) electrons. The molecule has 0 bridgehead atoms. The first-order valence-corrected chi connectivity index (χ1v) is 11.1. The monoisotopic (exact) mass is 532 g/mol. The summed E-state index contributed by atoms with van der Waals surface area (Å²) in [4.78, 5) is 6.83.